The molecule has 3 rings (SSSR count). The monoisotopic (exact) mass is 455 g/mol. The van der Waals surface area contributed by atoms with Crippen LogP contribution in [0.4, 0.5) is 0 Å². The lowest BCUT2D eigenvalue weighted by atomic mass is 10.2. The van der Waals surface area contributed by atoms with Gasteiger partial charge < -0.3 is 14.2 Å². The third kappa shape index (κ3) is 5.44. The predicted molar refractivity (Wildman–Crippen MR) is 101 cm³/mol. The second-order valence-electron chi connectivity index (χ2n) is 5.77. The van der Waals surface area contributed by atoms with Crippen LogP contribution in [0.3, 0.4) is 0 Å². The molecule has 9 heteroatoms. The maximum absolute atomic E-state index is 12.4. The van der Waals surface area contributed by atoms with Crippen molar-refractivity contribution in [2.24, 2.45) is 0 Å². The van der Waals surface area contributed by atoms with Crippen molar-refractivity contribution < 1.29 is 27.4 Å². The number of rotatable bonds is 6. The van der Waals surface area contributed by atoms with E-state index in [9.17, 15) is 13.2 Å². The maximum atomic E-state index is 12.4. The van der Waals surface area contributed by atoms with E-state index in [1.54, 1.807) is 18.2 Å². The molecule has 0 unspecified atom stereocenters. The largest absolute Gasteiger partial charge is 0.490 e. The molecule has 0 radical (unpaired) electrons. The molecule has 1 N–H and O–H groups in total. The van der Waals surface area contributed by atoms with E-state index in [1.165, 1.54) is 12.1 Å². The van der Waals surface area contributed by atoms with Crippen molar-refractivity contribution in [3.63, 3.8) is 0 Å². The summed E-state index contributed by atoms with van der Waals surface area (Å²) in [6, 6.07) is 11.6. The van der Waals surface area contributed by atoms with Gasteiger partial charge in [0.25, 0.3) is 0 Å². The topological polar surface area (TPSA) is 90.9 Å². The van der Waals surface area contributed by atoms with Crippen LogP contribution in [0.2, 0.25) is 0 Å². The van der Waals surface area contributed by atoms with E-state index in [-0.39, 0.29) is 11.5 Å². The van der Waals surface area contributed by atoms with E-state index in [1.807, 2.05) is 12.1 Å². The third-order valence-electron chi connectivity index (χ3n) is 3.75. The van der Waals surface area contributed by atoms with Crippen molar-refractivity contribution in [2.75, 3.05) is 19.8 Å². The molecule has 0 fully saturated rings. The van der Waals surface area contributed by atoms with Gasteiger partial charge in [0.2, 0.25) is 10.0 Å². The van der Waals surface area contributed by atoms with Gasteiger partial charge in [0.15, 0.2) is 11.5 Å². The number of hydrogen-bond acceptors (Lipinski definition) is 6. The summed E-state index contributed by atoms with van der Waals surface area (Å²) >= 11 is 3.32. The summed E-state index contributed by atoms with van der Waals surface area (Å²) in [4.78, 5) is 11.8. The van der Waals surface area contributed by atoms with Gasteiger partial charge in [-0.05, 0) is 29.8 Å². The highest BCUT2D eigenvalue weighted by molar-refractivity contribution is 9.10. The van der Waals surface area contributed by atoms with E-state index < -0.39 is 22.5 Å². The van der Waals surface area contributed by atoms with Crippen LogP contribution in [0.1, 0.15) is 12.0 Å². The minimum absolute atomic E-state index is 0.00698. The molecule has 0 atom stereocenters. The second-order valence-corrected chi connectivity index (χ2v) is 8.45. The Labute approximate surface area is 165 Å². The third-order valence-corrected chi connectivity index (χ3v) is 5.68. The van der Waals surface area contributed by atoms with Gasteiger partial charge in [-0.25, -0.2) is 8.42 Å². The van der Waals surface area contributed by atoms with E-state index in [0.717, 1.165) is 16.5 Å². The van der Waals surface area contributed by atoms with Crippen LogP contribution in [0.25, 0.3) is 0 Å². The van der Waals surface area contributed by atoms with Crippen LogP contribution >= 0.6 is 15.9 Å². The van der Waals surface area contributed by atoms with Gasteiger partial charge in [-0.1, -0.05) is 28.1 Å². The highest BCUT2D eigenvalue weighted by Crippen LogP contribution is 2.31. The average molecular weight is 456 g/mol. The number of fused-ring (bicyclic) bond motifs is 1. The average Bonchev–Trinajstić information content (AvgIpc) is 2.91. The van der Waals surface area contributed by atoms with Gasteiger partial charge in [-0.3, -0.25) is 4.79 Å². The first kappa shape index (κ1) is 19.7. The number of benzene rings is 2. The van der Waals surface area contributed by atoms with Crippen LogP contribution in [-0.2, 0) is 26.2 Å². The van der Waals surface area contributed by atoms with Crippen molar-refractivity contribution in [1.29, 1.82) is 0 Å². The van der Waals surface area contributed by atoms with E-state index in [0.29, 0.717) is 24.7 Å². The maximum Gasteiger partial charge on any atom is 0.321 e. The molecule has 2 aromatic carbocycles. The van der Waals surface area contributed by atoms with Crippen LogP contribution in [-0.4, -0.2) is 34.1 Å². The first-order chi connectivity index (χ1) is 12.9. The normalized spacial score (nSPS) is 13.7. The van der Waals surface area contributed by atoms with Crippen molar-refractivity contribution in [2.45, 2.75) is 17.9 Å². The van der Waals surface area contributed by atoms with Crippen molar-refractivity contribution in [3.8, 4) is 11.5 Å². The molecule has 1 heterocycles. The summed E-state index contributed by atoms with van der Waals surface area (Å²) in [5, 5.41) is 0. The SMILES string of the molecule is O=C(CNS(=O)(=O)c1ccc2c(c1)OCCCO2)OCc1ccc(Br)cc1. The van der Waals surface area contributed by atoms with Crippen LogP contribution in [0.5, 0.6) is 11.5 Å². The van der Waals surface area contributed by atoms with Gasteiger partial charge in [0.1, 0.15) is 13.2 Å². The number of ether oxygens (including phenoxy) is 3. The first-order valence-corrected chi connectivity index (χ1v) is 10.5. The molecule has 27 heavy (non-hydrogen) atoms. The molecule has 0 saturated carbocycles. The van der Waals surface area contributed by atoms with Crippen LogP contribution in [0.15, 0.2) is 51.8 Å². The Bertz CT molecular complexity index is 914. The van der Waals surface area contributed by atoms with E-state index >= 15 is 0 Å². The lowest BCUT2D eigenvalue weighted by Crippen LogP contribution is -2.30. The fourth-order valence-corrected chi connectivity index (χ4v) is 3.59. The number of nitrogens with one attached hydrogen (secondary N) is 1. The zero-order valence-electron chi connectivity index (χ0n) is 14.3. The number of carbonyl (C=O) groups excluding carboxylic acids is 1. The highest BCUT2D eigenvalue weighted by Gasteiger charge is 2.20. The van der Waals surface area contributed by atoms with E-state index in [2.05, 4.69) is 20.7 Å². The van der Waals surface area contributed by atoms with Gasteiger partial charge in [-0.2, -0.15) is 4.72 Å². The van der Waals surface area contributed by atoms with Crippen LogP contribution < -0.4 is 14.2 Å². The lowest BCUT2D eigenvalue weighted by Gasteiger charge is -2.11. The minimum Gasteiger partial charge on any atom is -0.490 e. The molecule has 0 aromatic heterocycles. The van der Waals surface area contributed by atoms with Crippen molar-refractivity contribution in [3.05, 3.63) is 52.5 Å². The summed E-state index contributed by atoms with van der Waals surface area (Å²) < 4.78 is 44.0. The smallest absolute Gasteiger partial charge is 0.321 e. The van der Waals surface area contributed by atoms with Gasteiger partial charge in [-0.15, -0.1) is 0 Å². The molecule has 0 aliphatic carbocycles. The Morgan fingerprint density at radius 2 is 1.78 bits per heavy atom. The van der Waals surface area contributed by atoms with Gasteiger partial charge in [0.05, 0.1) is 18.1 Å². The Kier molecular flexibility index (Phi) is 6.35. The highest BCUT2D eigenvalue weighted by atomic mass is 79.9. The summed E-state index contributed by atoms with van der Waals surface area (Å²) in [5.41, 5.74) is 0.803. The quantitative estimate of drug-likeness (QED) is 0.673. The predicted octanol–water partition coefficient (Wildman–Crippen LogP) is 2.63. The molecule has 1 aliphatic heterocycles. The zero-order valence-corrected chi connectivity index (χ0v) is 16.7. The number of carbonyl (C=O) groups is 1. The summed E-state index contributed by atoms with van der Waals surface area (Å²) in [6.07, 6.45) is 0.721. The minimum atomic E-state index is -3.88. The fourth-order valence-electron chi connectivity index (χ4n) is 2.34. The summed E-state index contributed by atoms with van der Waals surface area (Å²) in [6.45, 7) is 0.568. The molecular formula is C18H18BrNO6S. The van der Waals surface area contributed by atoms with Crippen LogP contribution in [0, 0.1) is 0 Å². The Balaban J connectivity index is 1.57. The summed E-state index contributed by atoms with van der Waals surface area (Å²) in [7, 11) is -3.88. The Hall–Kier alpha value is -2.10. The molecule has 7 nitrogen and oxygen atoms in total. The lowest BCUT2D eigenvalue weighted by molar-refractivity contribution is -0.143. The molecule has 0 bridgehead atoms. The van der Waals surface area contributed by atoms with Crippen molar-refractivity contribution >= 4 is 31.9 Å². The number of halogens is 1. The number of esters is 1. The molecular weight excluding hydrogens is 438 g/mol. The number of hydrogen-bond donors (Lipinski definition) is 1. The molecule has 0 amide bonds. The standard InChI is InChI=1S/C18H18BrNO6S/c19-14-4-2-13(3-5-14)12-26-18(21)11-20-27(22,23)15-6-7-16-17(10-15)25-9-1-8-24-16/h2-7,10,20H,1,8-9,11-12H2. The fraction of sp³-hybridized carbons (Fsp3) is 0.278. The van der Waals surface area contributed by atoms with Gasteiger partial charge >= 0.3 is 5.97 Å². The molecule has 0 spiro atoms. The molecule has 2 aromatic rings. The first-order valence-electron chi connectivity index (χ1n) is 8.23. The van der Waals surface area contributed by atoms with Crippen molar-refractivity contribution in [1.82, 2.24) is 4.72 Å². The Morgan fingerprint density at radius 1 is 1.07 bits per heavy atom. The Morgan fingerprint density at radius 3 is 2.52 bits per heavy atom. The van der Waals surface area contributed by atoms with E-state index in [4.69, 9.17) is 14.2 Å². The zero-order chi connectivity index (χ0) is 19.3. The summed E-state index contributed by atoms with van der Waals surface area (Å²) in [5.74, 6) is 0.199. The molecule has 144 valence electrons. The number of sulfonamides is 1. The molecule has 0 saturated heterocycles. The second kappa shape index (κ2) is 8.73. The van der Waals surface area contributed by atoms with Gasteiger partial charge in [0, 0.05) is 17.0 Å². The molecule has 1 aliphatic rings.